The van der Waals surface area contributed by atoms with Crippen LogP contribution in [0.2, 0.25) is 0 Å². The molecule has 1 aliphatic rings. The van der Waals surface area contributed by atoms with Crippen molar-refractivity contribution in [2.75, 3.05) is 0 Å². The molecule has 2 atom stereocenters. The van der Waals surface area contributed by atoms with Crippen LogP contribution in [-0.4, -0.2) is 12.1 Å². The minimum atomic E-state index is -0.214. The van der Waals surface area contributed by atoms with Gasteiger partial charge in [0.25, 0.3) is 0 Å². The van der Waals surface area contributed by atoms with Crippen molar-refractivity contribution in [3.8, 4) is 0 Å². The van der Waals surface area contributed by atoms with Gasteiger partial charge >= 0.3 is 0 Å². The van der Waals surface area contributed by atoms with Crippen LogP contribution in [0.4, 0.5) is 4.39 Å². The highest BCUT2D eigenvalue weighted by molar-refractivity contribution is 5.15. The van der Waals surface area contributed by atoms with E-state index in [0.717, 1.165) is 18.4 Å². The SMILES string of the molecule is NC1CCCCC1OCc1cccc(F)c1. The second kappa shape index (κ2) is 5.41. The van der Waals surface area contributed by atoms with Gasteiger partial charge in [0.1, 0.15) is 5.82 Å². The monoisotopic (exact) mass is 223 g/mol. The zero-order valence-electron chi connectivity index (χ0n) is 9.36. The van der Waals surface area contributed by atoms with Crippen molar-refractivity contribution in [1.82, 2.24) is 0 Å². The molecule has 0 heterocycles. The molecule has 1 fully saturated rings. The third kappa shape index (κ3) is 3.03. The quantitative estimate of drug-likeness (QED) is 0.855. The topological polar surface area (TPSA) is 35.2 Å². The minimum Gasteiger partial charge on any atom is -0.372 e. The van der Waals surface area contributed by atoms with Crippen molar-refractivity contribution in [2.24, 2.45) is 5.73 Å². The lowest BCUT2D eigenvalue weighted by molar-refractivity contribution is 0.00395. The van der Waals surface area contributed by atoms with Gasteiger partial charge in [0.05, 0.1) is 12.7 Å². The van der Waals surface area contributed by atoms with Crippen molar-refractivity contribution in [3.05, 3.63) is 35.6 Å². The van der Waals surface area contributed by atoms with Crippen LogP contribution in [-0.2, 0) is 11.3 Å². The summed E-state index contributed by atoms with van der Waals surface area (Å²) in [5.41, 5.74) is 6.85. The zero-order chi connectivity index (χ0) is 11.4. The van der Waals surface area contributed by atoms with Gasteiger partial charge in [0.2, 0.25) is 0 Å². The predicted octanol–water partition coefficient (Wildman–Crippen LogP) is 2.61. The second-order valence-corrected chi connectivity index (χ2v) is 4.43. The molecule has 3 heteroatoms. The maximum atomic E-state index is 12.9. The van der Waals surface area contributed by atoms with E-state index in [2.05, 4.69) is 0 Å². The molecule has 2 N–H and O–H groups in total. The summed E-state index contributed by atoms with van der Waals surface area (Å²) in [6, 6.07) is 6.67. The van der Waals surface area contributed by atoms with E-state index in [1.54, 1.807) is 6.07 Å². The maximum Gasteiger partial charge on any atom is 0.123 e. The van der Waals surface area contributed by atoms with Crippen LogP contribution in [0.3, 0.4) is 0 Å². The molecule has 1 aromatic carbocycles. The van der Waals surface area contributed by atoms with Gasteiger partial charge in [-0.25, -0.2) is 4.39 Å². The fourth-order valence-electron chi connectivity index (χ4n) is 2.16. The largest absolute Gasteiger partial charge is 0.372 e. The Kier molecular flexibility index (Phi) is 3.91. The van der Waals surface area contributed by atoms with E-state index < -0.39 is 0 Å². The van der Waals surface area contributed by atoms with Crippen LogP contribution in [0.1, 0.15) is 31.2 Å². The van der Waals surface area contributed by atoms with Crippen LogP contribution >= 0.6 is 0 Å². The van der Waals surface area contributed by atoms with E-state index in [1.165, 1.54) is 25.0 Å². The number of halogens is 1. The highest BCUT2D eigenvalue weighted by atomic mass is 19.1. The molecule has 0 amide bonds. The standard InChI is InChI=1S/C13H18FNO/c14-11-5-3-4-10(8-11)9-16-13-7-2-1-6-12(13)15/h3-5,8,12-13H,1-2,6-7,9,15H2. The molecular formula is C13H18FNO. The normalized spacial score (nSPS) is 25.6. The molecule has 16 heavy (non-hydrogen) atoms. The van der Waals surface area contributed by atoms with E-state index in [4.69, 9.17) is 10.5 Å². The minimum absolute atomic E-state index is 0.136. The Hall–Kier alpha value is -0.930. The van der Waals surface area contributed by atoms with E-state index in [-0.39, 0.29) is 18.0 Å². The molecule has 1 aromatic rings. The number of hydrogen-bond donors (Lipinski definition) is 1. The third-order valence-electron chi connectivity index (χ3n) is 3.11. The highest BCUT2D eigenvalue weighted by Crippen LogP contribution is 2.20. The van der Waals surface area contributed by atoms with Crippen molar-refractivity contribution in [2.45, 2.75) is 44.4 Å². The van der Waals surface area contributed by atoms with Crippen LogP contribution in [0, 0.1) is 5.82 Å². The number of nitrogens with two attached hydrogens (primary N) is 1. The van der Waals surface area contributed by atoms with E-state index in [1.807, 2.05) is 6.07 Å². The van der Waals surface area contributed by atoms with Crippen LogP contribution < -0.4 is 5.73 Å². The average Bonchev–Trinajstić information content (AvgIpc) is 2.28. The Morgan fingerprint density at radius 3 is 2.88 bits per heavy atom. The summed E-state index contributed by atoms with van der Waals surface area (Å²) in [6.45, 7) is 0.454. The van der Waals surface area contributed by atoms with Crippen LogP contribution in [0.25, 0.3) is 0 Å². The summed E-state index contributed by atoms with van der Waals surface area (Å²) in [7, 11) is 0. The molecule has 1 saturated carbocycles. The number of rotatable bonds is 3. The Balaban J connectivity index is 1.86. The first-order valence-corrected chi connectivity index (χ1v) is 5.87. The fraction of sp³-hybridized carbons (Fsp3) is 0.538. The van der Waals surface area contributed by atoms with Crippen molar-refractivity contribution >= 4 is 0 Å². The first-order valence-electron chi connectivity index (χ1n) is 5.87. The molecule has 0 aromatic heterocycles. The van der Waals surface area contributed by atoms with E-state index in [0.29, 0.717) is 6.61 Å². The third-order valence-corrected chi connectivity index (χ3v) is 3.11. The lowest BCUT2D eigenvalue weighted by Crippen LogP contribution is -2.39. The number of ether oxygens (including phenoxy) is 1. The molecule has 0 saturated heterocycles. The number of benzene rings is 1. The Labute approximate surface area is 95.6 Å². The number of hydrogen-bond acceptors (Lipinski definition) is 2. The smallest absolute Gasteiger partial charge is 0.123 e. The van der Waals surface area contributed by atoms with Crippen molar-refractivity contribution in [3.63, 3.8) is 0 Å². The Bertz CT molecular complexity index is 342. The van der Waals surface area contributed by atoms with Gasteiger partial charge < -0.3 is 10.5 Å². The molecule has 0 radical (unpaired) electrons. The Morgan fingerprint density at radius 2 is 2.12 bits per heavy atom. The summed E-state index contributed by atoms with van der Waals surface area (Å²) in [6.07, 6.45) is 4.57. The predicted molar refractivity (Wildman–Crippen MR) is 61.4 cm³/mol. The molecular weight excluding hydrogens is 205 g/mol. The molecule has 2 rings (SSSR count). The molecule has 2 unspecified atom stereocenters. The Morgan fingerprint density at radius 1 is 1.31 bits per heavy atom. The van der Waals surface area contributed by atoms with Gasteiger partial charge in [0, 0.05) is 6.04 Å². The molecule has 1 aliphatic carbocycles. The van der Waals surface area contributed by atoms with Gasteiger partial charge in [-0.1, -0.05) is 25.0 Å². The first-order chi connectivity index (χ1) is 7.75. The van der Waals surface area contributed by atoms with Gasteiger partial charge in [-0.15, -0.1) is 0 Å². The second-order valence-electron chi connectivity index (χ2n) is 4.43. The summed E-state index contributed by atoms with van der Waals surface area (Å²) in [5, 5.41) is 0. The van der Waals surface area contributed by atoms with E-state index in [9.17, 15) is 4.39 Å². The average molecular weight is 223 g/mol. The highest BCUT2D eigenvalue weighted by Gasteiger charge is 2.22. The van der Waals surface area contributed by atoms with E-state index >= 15 is 0 Å². The van der Waals surface area contributed by atoms with Crippen molar-refractivity contribution < 1.29 is 9.13 Å². The molecule has 0 bridgehead atoms. The van der Waals surface area contributed by atoms with Gasteiger partial charge in [-0.2, -0.15) is 0 Å². The summed E-state index contributed by atoms with van der Waals surface area (Å²) >= 11 is 0. The maximum absolute atomic E-state index is 12.9. The lowest BCUT2D eigenvalue weighted by atomic mass is 9.93. The van der Waals surface area contributed by atoms with Gasteiger partial charge in [0.15, 0.2) is 0 Å². The van der Waals surface area contributed by atoms with Crippen molar-refractivity contribution in [1.29, 1.82) is 0 Å². The summed E-state index contributed by atoms with van der Waals surface area (Å²) < 4.78 is 18.7. The fourth-order valence-corrected chi connectivity index (χ4v) is 2.16. The molecule has 0 aliphatic heterocycles. The van der Waals surface area contributed by atoms with Crippen LogP contribution in [0.5, 0.6) is 0 Å². The summed E-state index contributed by atoms with van der Waals surface area (Å²) in [5.74, 6) is -0.214. The lowest BCUT2D eigenvalue weighted by Gasteiger charge is -2.28. The molecule has 0 spiro atoms. The first kappa shape index (κ1) is 11.6. The van der Waals surface area contributed by atoms with Gasteiger partial charge in [-0.3, -0.25) is 0 Å². The van der Waals surface area contributed by atoms with Crippen LogP contribution in [0.15, 0.2) is 24.3 Å². The molecule has 88 valence electrons. The summed E-state index contributed by atoms with van der Waals surface area (Å²) in [4.78, 5) is 0. The zero-order valence-corrected chi connectivity index (χ0v) is 9.36. The molecule has 2 nitrogen and oxygen atoms in total. The van der Waals surface area contributed by atoms with Gasteiger partial charge in [-0.05, 0) is 30.5 Å².